The Kier molecular flexibility index (Phi) is 6.15. The number of rotatable bonds is 5. The molecule has 28 heavy (non-hydrogen) atoms. The van der Waals surface area contributed by atoms with Crippen molar-refractivity contribution in [1.29, 1.82) is 5.26 Å². The van der Waals surface area contributed by atoms with Crippen molar-refractivity contribution in [2.45, 2.75) is 46.0 Å². The van der Waals surface area contributed by atoms with E-state index in [0.717, 1.165) is 49.0 Å². The highest BCUT2D eigenvalue weighted by Crippen LogP contribution is 2.30. The molecular formula is C22H25N3O3. The van der Waals surface area contributed by atoms with E-state index in [0.29, 0.717) is 11.4 Å². The molecule has 1 heterocycles. The standard InChI is InChI=1S/C22H25N3O3/c1-15-16(2)25(18-11-7-4-8-12-18)21(19(15)13-23)24-20(26)14-28-22(27)17-9-5-3-6-10-17/h4,7-8,11-12,17H,3,5-6,9-10,14H2,1-2H3,(H,24,26). The van der Waals surface area contributed by atoms with E-state index in [1.54, 1.807) is 0 Å². The van der Waals surface area contributed by atoms with Gasteiger partial charge in [0.2, 0.25) is 0 Å². The second-order valence-electron chi connectivity index (χ2n) is 7.21. The Morgan fingerprint density at radius 1 is 1.18 bits per heavy atom. The first kappa shape index (κ1) is 19.7. The van der Waals surface area contributed by atoms with Gasteiger partial charge in [-0.2, -0.15) is 5.26 Å². The van der Waals surface area contributed by atoms with Crippen molar-refractivity contribution >= 4 is 17.7 Å². The van der Waals surface area contributed by atoms with Gasteiger partial charge in [0, 0.05) is 11.4 Å². The summed E-state index contributed by atoms with van der Waals surface area (Å²) in [6.07, 6.45) is 4.86. The van der Waals surface area contributed by atoms with Crippen LogP contribution in [0.4, 0.5) is 5.82 Å². The summed E-state index contributed by atoms with van der Waals surface area (Å²) in [7, 11) is 0. The second kappa shape index (κ2) is 8.75. The van der Waals surface area contributed by atoms with Crippen LogP contribution in [0.2, 0.25) is 0 Å². The van der Waals surface area contributed by atoms with Gasteiger partial charge >= 0.3 is 5.97 Å². The number of nitriles is 1. The number of hydrogen-bond donors (Lipinski definition) is 1. The predicted octanol–water partition coefficient (Wildman–Crippen LogP) is 4.03. The third-order valence-electron chi connectivity index (χ3n) is 5.38. The molecule has 1 N–H and O–H groups in total. The van der Waals surface area contributed by atoms with Crippen molar-refractivity contribution in [3.05, 3.63) is 47.2 Å². The van der Waals surface area contributed by atoms with Gasteiger partial charge in [-0.15, -0.1) is 0 Å². The van der Waals surface area contributed by atoms with Crippen molar-refractivity contribution in [2.75, 3.05) is 11.9 Å². The predicted molar refractivity (Wildman–Crippen MR) is 106 cm³/mol. The molecule has 0 radical (unpaired) electrons. The van der Waals surface area contributed by atoms with Crippen LogP contribution in [-0.4, -0.2) is 23.1 Å². The zero-order valence-corrected chi connectivity index (χ0v) is 16.3. The Bertz CT molecular complexity index is 903. The van der Waals surface area contributed by atoms with Crippen LogP contribution in [0, 0.1) is 31.1 Å². The number of para-hydroxylation sites is 1. The van der Waals surface area contributed by atoms with E-state index < -0.39 is 5.91 Å². The fraction of sp³-hybridized carbons (Fsp3) is 0.409. The number of anilines is 1. The Morgan fingerprint density at radius 3 is 2.50 bits per heavy atom. The molecule has 6 heteroatoms. The summed E-state index contributed by atoms with van der Waals surface area (Å²) in [5.74, 6) is -0.451. The topological polar surface area (TPSA) is 84.1 Å². The molecule has 1 saturated carbocycles. The summed E-state index contributed by atoms with van der Waals surface area (Å²) in [4.78, 5) is 24.6. The molecule has 0 unspecified atom stereocenters. The quantitative estimate of drug-likeness (QED) is 0.795. The van der Waals surface area contributed by atoms with Crippen LogP contribution in [0.1, 0.15) is 48.9 Å². The third kappa shape index (κ3) is 4.09. The minimum atomic E-state index is -0.449. The molecule has 1 aromatic heterocycles. The lowest BCUT2D eigenvalue weighted by Gasteiger charge is -2.19. The highest BCUT2D eigenvalue weighted by Gasteiger charge is 2.24. The molecule has 1 amide bonds. The Labute approximate surface area is 165 Å². The van der Waals surface area contributed by atoms with Crippen LogP contribution in [0.5, 0.6) is 0 Å². The first-order chi connectivity index (χ1) is 13.5. The van der Waals surface area contributed by atoms with E-state index in [9.17, 15) is 14.9 Å². The van der Waals surface area contributed by atoms with Crippen molar-refractivity contribution in [3.63, 3.8) is 0 Å². The summed E-state index contributed by atoms with van der Waals surface area (Å²) >= 11 is 0. The smallest absolute Gasteiger partial charge is 0.309 e. The monoisotopic (exact) mass is 379 g/mol. The first-order valence-electron chi connectivity index (χ1n) is 9.66. The number of nitrogens with zero attached hydrogens (tertiary/aromatic N) is 2. The first-order valence-corrected chi connectivity index (χ1v) is 9.66. The normalized spacial score (nSPS) is 14.3. The lowest BCUT2D eigenvalue weighted by Crippen LogP contribution is -2.26. The maximum Gasteiger partial charge on any atom is 0.309 e. The number of ether oxygens (including phenoxy) is 1. The number of aromatic nitrogens is 1. The van der Waals surface area contributed by atoms with Gasteiger partial charge in [0.25, 0.3) is 5.91 Å². The van der Waals surface area contributed by atoms with Gasteiger partial charge in [0.15, 0.2) is 6.61 Å². The van der Waals surface area contributed by atoms with E-state index >= 15 is 0 Å². The number of benzene rings is 1. The molecular weight excluding hydrogens is 354 g/mol. The van der Waals surface area contributed by atoms with Gasteiger partial charge in [-0.25, -0.2) is 0 Å². The highest BCUT2D eigenvalue weighted by atomic mass is 16.5. The van der Waals surface area contributed by atoms with Crippen molar-refractivity contribution < 1.29 is 14.3 Å². The van der Waals surface area contributed by atoms with E-state index in [4.69, 9.17) is 4.74 Å². The molecule has 0 bridgehead atoms. The molecule has 1 aliphatic carbocycles. The van der Waals surface area contributed by atoms with Gasteiger partial charge in [0.05, 0.1) is 11.5 Å². The van der Waals surface area contributed by atoms with Crippen molar-refractivity contribution in [1.82, 2.24) is 4.57 Å². The molecule has 0 spiro atoms. The number of nitrogens with one attached hydrogen (secondary N) is 1. The van der Waals surface area contributed by atoms with Crippen LogP contribution in [-0.2, 0) is 14.3 Å². The minimum Gasteiger partial charge on any atom is -0.455 e. The highest BCUT2D eigenvalue weighted by molar-refractivity contribution is 5.94. The number of esters is 1. The molecule has 0 saturated heterocycles. The molecule has 1 aliphatic rings. The van der Waals surface area contributed by atoms with Crippen LogP contribution >= 0.6 is 0 Å². The van der Waals surface area contributed by atoms with E-state index in [-0.39, 0.29) is 18.5 Å². The summed E-state index contributed by atoms with van der Waals surface area (Å²) in [6.45, 7) is 3.41. The molecule has 2 aromatic rings. The van der Waals surface area contributed by atoms with Crippen LogP contribution in [0.15, 0.2) is 30.3 Å². The number of carbonyl (C=O) groups is 2. The number of carbonyl (C=O) groups excluding carboxylic acids is 2. The molecule has 0 atom stereocenters. The minimum absolute atomic E-state index is 0.103. The lowest BCUT2D eigenvalue weighted by molar-refractivity contribution is -0.152. The SMILES string of the molecule is Cc1c(C#N)c(NC(=O)COC(=O)C2CCCCC2)n(-c2ccccc2)c1C. The number of hydrogen-bond acceptors (Lipinski definition) is 4. The largest absolute Gasteiger partial charge is 0.455 e. The zero-order valence-electron chi connectivity index (χ0n) is 16.3. The van der Waals surface area contributed by atoms with E-state index in [1.165, 1.54) is 0 Å². The average Bonchev–Trinajstić information content (AvgIpc) is 2.96. The molecule has 6 nitrogen and oxygen atoms in total. The second-order valence-corrected chi connectivity index (χ2v) is 7.21. The number of amides is 1. The van der Waals surface area contributed by atoms with Gasteiger partial charge in [-0.1, -0.05) is 37.5 Å². The van der Waals surface area contributed by atoms with Crippen LogP contribution < -0.4 is 5.32 Å². The third-order valence-corrected chi connectivity index (χ3v) is 5.38. The maximum atomic E-state index is 12.5. The molecule has 0 aliphatic heterocycles. The van der Waals surface area contributed by atoms with E-state index in [2.05, 4.69) is 11.4 Å². The Hall–Kier alpha value is -3.07. The van der Waals surface area contributed by atoms with Crippen LogP contribution in [0.25, 0.3) is 5.69 Å². The van der Waals surface area contributed by atoms with Gasteiger partial charge in [-0.05, 0) is 44.4 Å². The fourth-order valence-electron chi connectivity index (χ4n) is 3.72. The average molecular weight is 379 g/mol. The van der Waals surface area contributed by atoms with E-state index in [1.807, 2.05) is 48.7 Å². The van der Waals surface area contributed by atoms with Crippen molar-refractivity contribution in [3.8, 4) is 11.8 Å². The molecule has 1 fully saturated rings. The Balaban J connectivity index is 1.76. The zero-order chi connectivity index (χ0) is 20.1. The van der Waals surface area contributed by atoms with Gasteiger partial charge in [0.1, 0.15) is 11.9 Å². The Morgan fingerprint density at radius 2 is 1.86 bits per heavy atom. The molecule has 1 aromatic carbocycles. The molecule has 146 valence electrons. The van der Waals surface area contributed by atoms with Gasteiger partial charge < -0.3 is 10.1 Å². The lowest BCUT2D eigenvalue weighted by atomic mass is 9.89. The maximum absolute atomic E-state index is 12.5. The summed E-state index contributed by atoms with van der Waals surface area (Å²) in [6, 6.07) is 11.7. The van der Waals surface area contributed by atoms with Gasteiger partial charge in [-0.3, -0.25) is 14.2 Å². The fourth-order valence-corrected chi connectivity index (χ4v) is 3.72. The summed E-state index contributed by atoms with van der Waals surface area (Å²) in [5.41, 5.74) is 2.94. The van der Waals surface area contributed by atoms with Crippen molar-refractivity contribution in [2.24, 2.45) is 5.92 Å². The summed E-state index contributed by atoms with van der Waals surface area (Å²) < 4.78 is 7.07. The molecule has 3 rings (SSSR count). The van der Waals surface area contributed by atoms with Crippen LogP contribution in [0.3, 0.4) is 0 Å². The summed E-state index contributed by atoms with van der Waals surface area (Å²) in [5, 5.41) is 12.4.